The fourth-order valence-electron chi connectivity index (χ4n) is 4.88. The summed E-state index contributed by atoms with van der Waals surface area (Å²) in [7, 11) is -1.78. The summed E-state index contributed by atoms with van der Waals surface area (Å²) in [5.74, 6) is 1.63. The summed E-state index contributed by atoms with van der Waals surface area (Å²) in [6.45, 7) is 3.33. The summed E-state index contributed by atoms with van der Waals surface area (Å²) in [4.78, 5) is 20.7. The Bertz CT molecular complexity index is 1240. The van der Waals surface area contributed by atoms with Crippen LogP contribution in [0.2, 0.25) is 0 Å². The van der Waals surface area contributed by atoms with Gasteiger partial charge < -0.3 is 19.9 Å². The van der Waals surface area contributed by atoms with E-state index in [0.717, 1.165) is 42.8 Å². The van der Waals surface area contributed by atoms with Crippen molar-refractivity contribution in [2.75, 3.05) is 29.9 Å². The van der Waals surface area contributed by atoms with E-state index in [4.69, 9.17) is 0 Å². The van der Waals surface area contributed by atoms with Crippen molar-refractivity contribution in [1.82, 2.24) is 24.7 Å². The number of nitrogens with one attached hydrogen (secondary N) is 2. The molecule has 0 amide bonds. The summed E-state index contributed by atoms with van der Waals surface area (Å²) in [6.07, 6.45) is 7.77. The molecule has 1 saturated carbocycles. The van der Waals surface area contributed by atoms with Crippen LogP contribution in [0.3, 0.4) is 0 Å². The molecule has 1 unspecified atom stereocenters. The minimum atomic E-state index is -3.75. The molecule has 0 radical (unpaired) electrons. The van der Waals surface area contributed by atoms with Gasteiger partial charge in [0.25, 0.3) is 0 Å². The maximum absolute atomic E-state index is 12.8. The normalized spacial score (nSPS) is 25.7. The smallest absolute Gasteiger partial charge is 0.242 e. The van der Waals surface area contributed by atoms with Crippen molar-refractivity contribution in [3.8, 4) is 0 Å². The number of aromatic amines is 1. The molecule has 33 heavy (non-hydrogen) atoms. The van der Waals surface area contributed by atoms with Gasteiger partial charge in [0.1, 0.15) is 28.5 Å². The fourth-order valence-corrected chi connectivity index (χ4v) is 6.20. The Hall–Kier alpha value is -2.76. The van der Waals surface area contributed by atoms with Gasteiger partial charge in [-0.05, 0) is 50.8 Å². The van der Waals surface area contributed by atoms with Crippen molar-refractivity contribution in [3.63, 3.8) is 0 Å². The number of nitrogens with zero attached hydrogens (tertiary/aromatic N) is 5. The highest BCUT2D eigenvalue weighted by molar-refractivity contribution is 7.89. The zero-order valence-electron chi connectivity index (χ0n) is 18.8. The maximum Gasteiger partial charge on any atom is 0.242 e. The largest absolute Gasteiger partial charge is 0.389 e. The number of pyridine rings is 1. The Morgan fingerprint density at radius 2 is 2.09 bits per heavy atom. The van der Waals surface area contributed by atoms with Crippen LogP contribution in [0.4, 0.5) is 11.6 Å². The number of aromatic nitrogens is 4. The van der Waals surface area contributed by atoms with E-state index in [9.17, 15) is 13.5 Å². The molecule has 5 rings (SSSR count). The predicted octanol–water partition coefficient (Wildman–Crippen LogP) is 1.65. The second-order valence-electron chi connectivity index (χ2n) is 9.21. The van der Waals surface area contributed by atoms with Gasteiger partial charge in [-0.25, -0.2) is 28.1 Å². The zero-order chi connectivity index (χ0) is 23.2. The minimum Gasteiger partial charge on any atom is -0.389 e. The van der Waals surface area contributed by atoms with Gasteiger partial charge in [0.05, 0.1) is 17.0 Å². The monoisotopic (exact) mass is 471 g/mol. The van der Waals surface area contributed by atoms with Gasteiger partial charge in [-0.2, -0.15) is 0 Å². The number of rotatable bonds is 6. The maximum atomic E-state index is 12.8. The molecule has 176 valence electrons. The molecule has 2 aliphatic rings. The van der Waals surface area contributed by atoms with Crippen LogP contribution in [0, 0.1) is 0 Å². The van der Waals surface area contributed by atoms with E-state index in [1.807, 2.05) is 19.3 Å². The number of hydrogen-bond donors (Lipinski definition) is 3. The van der Waals surface area contributed by atoms with Gasteiger partial charge in [-0.15, -0.1) is 0 Å². The lowest BCUT2D eigenvalue weighted by Crippen LogP contribution is -2.47. The van der Waals surface area contributed by atoms with E-state index in [0.29, 0.717) is 18.7 Å². The van der Waals surface area contributed by atoms with Crippen LogP contribution < -0.4 is 14.5 Å². The highest BCUT2D eigenvalue weighted by Gasteiger charge is 2.39. The molecule has 0 bridgehead atoms. The lowest BCUT2D eigenvalue weighted by Gasteiger charge is -2.27. The average Bonchev–Trinajstić information content (AvgIpc) is 3.53. The van der Waals surface area contributed by atoms with Crippen LogP contribution >= 0.6 is 0 Å². The van der Waals surface area contributed by atoms with Crippen LogP contribution in [0.25, 0.3) is 11.0 Å². The molecule has 3 atom stereocenters. The second kappa shape index (κ2) is 8.23. The number of anilines is 2. The summed E-state index contributed by atoms with van der Waals surface area (Å²) < 4.78 is 28.3. The predicted molar refractivity (Wildman–Crippen MR) is 126 cm³/mol. The molecule has 3 N–H and O–H groups in total. The van der Waals surface area contributed by atoms with E-state index in [1.54, 1.807) is 25.4 Å². The topological polar surface area (TPSA) is 127 Å². The van der Waals surface area contributed by atoms with Gasteiger partial charge in [-0.3, -0.25) is 0 Å². The van der Waals surface area contributed by atoms with Crippen molar-refractivity contribution in [1.29, 1.82) is 0 Å². The first kappa shape index (κ1) is 22.1. The number of sulfonamides is 1. The first-order valence-corrected chi connectivity index (χ1v) is 12.7. The van der Waals surface area contributed by atoms with Crippen LogP contribution in [0.15, 0.2) is 41.8 Å². The van der Waals surface area contributed by atoms with Gasteiger partial charge >= 0.3 is 0 Å². The van der Waals surface area contributed by atoms with Gasteiger partial charge in [0.2, 0.25) is 10.0 Å². The molecule has 3 aromatic rings. The molecule has 1 aliphatic carbocycles. The molecule has 1 aliphatic heterocycles. The van der Waals surface area contributed by atoms with E-state index in [-0.39, 0.29) is 10.9 Å². The molecule has 4 heterocycles. The molecule has 0 aromatic carbocycles. The van der Waals surface area contributed by atoms with Crippen molar-refractivity contribution in [2.45, 2.75) is 55.2 Å². The zero-order valence-corrected chi connectivity index (χ0v) is 19.6. The highest BCUT2D eigenvalue weighted by atomic mass is 32.2. The van der Waals surface area contributed by atoms with E-state index < -0.39 is 21.7 Å². The standard InChI is InChI=1S/C22H29N7O3S/c1-22(30)9-3-4-18(22)27-33(31,32)16-5-6-19(24-12-16)28(2)15-8-11-29(13-15)21-17-7-10-23-20(17)25-14-26-21/h5-7,10,12,14-15,18,27,30H,3-4,8-9,11,13H2,1-2H3,(H,23,25,26)/t15-,18?,22+/m1/s1. The number of fused-ring (bicyclic) bond motifs is 1. The Labute approximate surface area is 193 Å². The van der Waals surface area contributed by atoms with Gasteiger partial charge in [-0.1, -0.05) is 0 Å². The third-order valence-electron chi connectivity index (χ3n) is 6.96. The summed E-state index contributed by atoms with van der Waals surface area (Å²) in [5, 5.41) is 11.4. The minimum absolute atomic E-state index is 0.103. The van der Waals surface area contributed by atoms with Gasteiger partial charge in [0, 0.05) is 38.6 Å². The number of H-pyrrole nitrogens is 1. The second-order valence-corrected chi connectivity index (χ2v) is 10.9. The number of likely N-dealkylation sites (N-methyl/N-ethyl adjacent to an activating group) is 1. The van der Waals surface area contributed by atoms with Gasteiger partial charge in [0.15, 0.2) is 0 Å². The molecule has 2 fully saturated rings. The van der Waals surface area contributed by atoms with Crippen molar-refractivity contribution >= 4 is 32.7 Å². The first-order valence-electron chi connectivity index (χ1n) is 11.2. The number of aliphatic hydroxyl groups is 1. The Balaban J connectivity index is 1.27. The van der Waals surface area contributed by atoms with E-state index >= 15 is 0 Å². The van der Waals surface area contributed by atoms with Crippen LogP contribution in [-0.2, 0) is 10.0 Å². The first-order chi connectivity index (χ1) is 15.7. The summed E-state index contributed by atoms with van der Waals surface area (Å²) >= 11 is 0. The third kappa shape index (κ3) is 4.16. The lowest BCUT2D eigenvalue weighted by molar-refractivity contribution is 0.0466. The third-order valence-corrected chi connectivity index (χ3v) is 8.42. The highest BCUT2D eigenvalue weighted by Crippen LogP contribution is 2.31. The SMILES string of the molecule is CN(c1ccc(S(=O)(=O)NC2CCC[C@]2(C)O)cn1)[C@@H]1CCN(c2ncnc3[nH]ccc23)C1. The molecule has 3 aromatic heterocycles. The Morgan fingerprint density at radius 3 is 2.82 bits per heavy atom. The van der Waals surface area contributed by atoms with E-state index in [2.05, 4.69) is 34.5 Å². The van der Waals surface area contributed by atoms with Crippen molar-refractivity contribution in [2.24, 2.45) is 0 Å². The quantitative estimate of drug-likeness (QED) is 0.495. The van der Waals surface area contributed by atoms with Crippen molar-refractivity contribution < 1.29 is 13.5 Å². The van der Waals surface area contributed by atoms with Crippen LogP contribution in [-0.4, -0.2) is 71.3 Å². The van der Waals surface area contributed by atoms with Crippen LogP contribution in [0.5, 0.6) is 0 Å². The molecule has 0 spiro atoms. The molecule has 1 saturated heterocycles. The summed E-state index contributed by atoms with van der Waals surface area (Å²) in [6, 6.07) is 5.03. The van der Waals surface area contributed by atoms with Crippen LogP contribution in [0.1, 0.15) is 32.6 Å². The molecule has 11 heteroatoms. The molecular weight excluding hydrogens is 442 g/mol. The Morgan fingerprint density at radius 1 is 1.24 bits per heavy atom. The molecular formula is C22H29N7O3S. The molecule has 10 nitrogen and oxygen atoms in total. The Kier molecular flexibility index (Phi) is 5.50. The average molecular weight is 472 g/mol. The summed E-state index contributed by atoms with van der Waals surface area (Å²) in [5.41, 5.74) is -0.201. The van der Waals surface area contributed by atoms with Crippen molar-refractivity contribution in [3.05, 3.63) is 36.9 Å². The van der Waals surface area contributed by atoms with E-state index in [1.165, 1.54) is 6.20 Å². The fraction of sp³-hybridized carbons (Fsp3) is 0.500. The number of hydrogen-bond acceptors (Lipinski definition) is 8. The lowest BCUT2D eigenvalue weighted by atomic mass is 10.0.